The van der Waals surface area contributed by atoms with Crippen LogP contribution in [0.5, 0.6) is 0 Å². The lowest BCUT2D eigenvalue weighted by Gasteiger charge is -2.61. The van der Waals surface area contributed by atoms with Gasteiger partial charge in [0.05, 0.1) is 12.7 Å². The van der Waals surface area contributed by atoms with E-state index < -0.39 is 6.04 Å². The minimum Gasteiger partial charge on any atom is -0.383 e. The van der Waals surface area contributed by atoms with E-state index >= 15 is 0 Å². The van der Waals surface area contributed by atoms with Gasteiger partial charge in [-0.05, 0) is 32.6 Å². The third-order valence-electron chi connectivity index (χ3n) is 5.68. The summed E-state index contributed by atoms with van der Waals surface area (Å²) < 4.78 is 11.1. The number of carbonyl (C=O) groups is 1. The Morgan fingerprint density at radius 2 is 1.96 bits per heavy atom. The van der Waals surface area contributed by atoms with E-state index in [4.69, 9.17) is 15.2 Å². The van der Waals surface area contributed by atoms with Crippen molar-refractivity contribution in [3.8, 4) is 0 Å². The fraction of sp³-hybridized carbons (Fsp3) is 0.944. The molecule has 0 radical (unpaired) electrons. The summed E-state index contributed by atoms with van der Waals surface area (Å²) in [5.41, 5.74) is 6.20. The summed E-state index contributed by atoms with van der Waals surface area (Å²) in [5, 5.41) is 0. The van der Waals surface area contributed by atoms with Crippen LogP contribution in [0.4, 0.5) is 0 Å². The molecule has 0 saturated heterocycles. The summed E-state index contributed by atoms with van der Waals surface area (Å²) in [6.07, 6.45) is 8.37. The molecule has 2 saturated carbocycles. The fourth-order valence-electron chi connectivity index (χ4n) is 4.59. The van der Waals surface area contributed by atoms with E-state index in [2.05, 4.69) is 13.8 Å². The molecule has 2 fully saturated rings. The van der Waals surface area contributed by atoms with Crippen molar-refractivity contribution in [3.05, 3.63) is 0 Å². The number of ether oxygens (including phenoxy) is 2. The van der Waals surface area contributed by atoms with Crippen LogP contribution in [-0.4, -0.2) is 55.9 Å². The van der Waals surface area contributed by atoms with Gasteiger partial charge < -0.3 is 20.1 Å². The first-order valence-corrected chi connectivity index (χ1v) is 9.27. The van der Waals surface area contributed by atoms with E-state index in [1.165, 1.54) is 32.1 Å². The SMILES string of the molecule is CCCN(C(=O)C(N)COC)C1CC(OCC)C12CCCCC2.Cl. The Hall–Kier alpha value is -0.360. The van der Waals surface area contributed by atoms with E-state index in [9.17, 15) is 4.79 Å². The first-order chi connectivity index (χ1) is 11.1. The summed E-state index contributed by atoms with van der Waals surface area (Å²) in [6.45, 7) is 6.00. The van der Waals surface area contributed by atoms with Gasteiger partial charge in [-0.2, -0.15) is 0 Å². The Labute approximate surface area is 153 Å². The first kappa shape index (κ1) is 21.7. The van der Waals surface area contributed by atoms with Gasteiger partial charge in [-0.1, -0.05) is 26.2 Å². The third-order valence-corrected chi connectivity index (χ3v) is 5.68. The monoisotopic (exact) mass is 362 g/mol. The van der Waals surface area contributed by atoms with Gasteiger partial charge >= 0.3 is 0 Å². The number of nitrogens with two attached hydrogens (primary N) is 1. The van der Waals surface area contributed by atoms with Crippen molar-refractivity contribution in [2.24, 2.45) is 11.1 Å². The molecule has 5 nitrogen and oxygen atoms in total. The highest BCUT2D eigenvalue weighted by molar-refractivity contribution is 5.85. The zero-order valence-electron chi connectivity index (χ0n) is 15.5. The van der Waals surface area contributed by atoms with Gasteiger partial charge in [-0.25, -0.2) is 0 Å². The summed E-state index contributed by atoms with van der Waals surface area (Å²) in [4.78, 5) is 14.9. The molecule has 2 rings (SSSR count). The molecular weight excluding hydrogens is 328 g/mol. The smallest absolute Gasteiger partial charge is 0.242 e. The van der Waals surface area contributed by atoms with Crippen LogP contribution < -0.4 is 5.73 Å². The molecule has 0 heterocycles. The van der Waals surface area contributed by atoms with E-state index in [0.717, 1.165) is 26.0 Å². The molecule has 0 aromatic rings. The molecule has 3 atom stereocenters. The lowest BCUT2D eigenvalue weighted by Crippen LogP contribution is -2.68. The van der Waals surface area contributed by atoms with Crippen LogP contribution in [0.3, 0.4) is 0 Å². The van der Waals surface area contributed by atoms with Gasteiger partial charge in [-0.3, -0.25) is 4.79 Å². The average Bonchev–Trinajstić information content (AvgIpc) is 2.57. The van der Waals surface area contributed by atoms with Crippen molar-refractivity contribution in [2.45, 2.75) is 77.0 Å². The number of amides is 1. The number of rotatable bonds is 8. The third kappa shape index (κ3) is 4.24. The number of nitrogens with zero attached hydrogens (tertiary/aromatic N) is 1. The number of methoxy groups -OCH3 is 1. The number of halogens is 1. The Balaban J connectivity index is 0.00000288. The number of carbonyl (C=O) groups excluding carboxylic acids is 1. The molecule has 2 aliphatic rings. The minimum atomic E-state index is -0.557. The molecule has 1 amide bonds. The van der Waals surface area contributed by atoms with Crippen LogP contribution in [0.25, 0.3) is 0 Å². The Morgan fingerprint density at radius 3 is 2.50 bits per heavy atom. The molecule has 2 aliphatic carbocycles. The molecule has 0 aliphatic heterocycles. The van der Waals surface area contributed by atoms with Crippen molar-refractivity contribution in [1.29, 1.82) is 0 Å². The van der Waals surface area contributed by atoms with E-state index in [-0.39, 0.29) is 36.4 Å². The van der Waals surface area contributed by atoms with Crippen molar-refractivity contribution in [2.75, 3.05) is 26.9 Å². The maximum absolute atomic E-state index is 12.8. The molecule has 0 aromatic heterocycles. The van der Waals surface area contributed by atoms with Crippen LogP contribution in [0.1, 0.15) is 58.8 Å². The summed E-state index contributed by atoms with van der Waals surface area (Å²) in [6, 6.07) is -0.270. The maximum Gasteiger partial charge on any atom is 0.242 e. The average molecular weight is 363 g/mol. The molecule has 142 valence electrons. The predicted octanol–water partition coefficient (Wildman–Crippen LogP) is 2.75. The van der Waals surface area contributed by atoms with E-state index in [1.807, 2.05) is 4.90 Å². The Morgan fingerprint density at radius 1 is 1.29 bits per heavy atom. The van der Waals surface area contributed by atoms with Gasteiger partial charge in [-0.15, -0.1) is 12.4 Å². The summed E-state index contributed by atoms with van der Waals surface area (Å²) in [7, 11) is 1.59. The van der Waals surface area contributed by atoms with Gasteiger partial charge in [0.2, 0.25) is 5.91 Å². The van der Waals surface area contributed by atoms with Crippen LogP contribution in [-0.2, 0) is 14.3 Å². The highest BCUT2D eigenvalue weighted by Crippen LogP contribution is 2.55. The largest absolute Gasteiger partial charge is 0.383 e. The summed E-state index contributed by atoms with van der Waals surface area (Å²) in [5.74, 6) is 0.0404. The zero-order chi connectivity index (χ0) is 16.9. The van der Waals surface area contributed by atoms with Crippen molar-refractivity contribution in [3.63, 3.8) is 0 Å². The Kier molecular flexibility index (Phi) is 8.99. The van der Waals surface area contributed by atoms with Gasteiger partial charge in [0, 0.05) is 31.7 Å². The predicted molar refractivity (Wildman–Crippen MR) is 98.4 cm³/mol. The van der Waals surface area contributed by atoms with Gasteiger partial charge in [0.15, 0.2) is 0 Å². The number of hydrogen-bond acceptors (Lipinski definition) is 4. The Bertz CT molecular complexity index is 388. The lowest BCUT2D eigenvalue weighted by molar-refractivity contribution is -0.189. The topological polar surface area (TPSA) is 64.8 Å². The first-order valence-electron chi connectivity index (χ1n) is 9.27. The standard InChI is InChI=1S/C18H34N2O3.ClH/c1-4-11-20(17(21)14(19)13-22-3)15-12-16(23-5-2)18(15)9-7-6-8-10-18;/h14-16H,4-13,19H2,1-3H3;1H. The molecular formula is C18H35ClN2O3. The van der Waals surface area contributed by atoms with Gasteiger partial charge in [0.25, 0.3) is 0 Å². The summed E-state index contributed by atoms with van der Waals surface area (Å²) >= 11 is 0. The van der Waals surface area contributed by atoms with E-state index in [1.54, 1.807) is 7.11 Å². The molecule has 0 bridgehead atoms. The zero-order valence-corrected chi connectivity index (χ0v) is 16.3. The second-order valence-electron chi connectivity index (χ2n) is 7.08. The number of hydrogen-bond donors (Lipinski definition) is 1. The van der Waals surface area contributed by atoms with E-state index in [0.29, 0.717) is 6.10 Å². The molecule has 6 heteroatoms. The van der Waals surface area contributed by atoms with Crippen molar-refractivity contribution in [1.82, 2.24) is 4.90 Å². The molecule has 1 spiro atoms. The fourth-order valence-corrected chi connectivity index (χ4v) is 4.59. The van der Waals surface area contributed by atoms with Crippen LogP contribution in [0, 0.1) is 5.41 Å². The minimum absolute atomic E-state index is 0. The van der Waals surface area contributed by atoms with Gasteiger partial charge in [0.1, 0.15) is 6.04 Å². The highest BCUT2D eigenvalue weighted by atomic mass is 35.5. The van der Waals surface area contributed by atoms with Crippen molar-refractivity contribution >= 4 is 18.3 Å². The highest BCUT2D eigenvalue weighted by Gasteiger charge is 2.58. The second kappa shape index (κ2) is 9.95. The lowest BCUT2D eigenvalue weighted by atomic mass is 9.54. The maximum atomic E-state index is 12.8. The van der Waals surface area contributed by atoms with Crippen molar-refractivity contribution < 1.29 is 14.3 Å². The molecule has 3 unspecified atom stereocenters. The quantitative estimate of drug-likeness (QED) is 0.721. The molecule has 24 heavy (non-hydrogen) atoms. The molecule has 2 N–H and O–H groups in total. The van der Waals surface area contributed by atoms with Crippen LogP contribution in [0.2, 0.25) is 0 Å². The van der Waals surface area contributed by atoms with Crippen LogP contribution in [0.15, 0.2) is 0 Å². The van der Waals surface area contributed by atoms with Crippen LogP contribution >= 0.6 is 12.4 Å². The normalized spacial score (nSPS) is 26.3. The second-order valence-corrected chi connectivity index (χ2v) is 7.08. The molecule has 0 aromatic carbocycles.